The average Bonchev–Trinajstić information content (AvgIpc) is 2.44. The minimum atomic E-state index is -0.423. The van der Waals surface area contributed by atoms with Crippen molar-refractivity contribution in [1.29, 1.82) is 0 Å². The average molecular weight is 328 g/mol. The van der Waals surface area contributed by atoms with Gasteiger partial charge in [-0.15, -0.1) is 0 Å². The van der Waals surface area contributed by atoms with Crippen LogP contribution in [0.5, 0.6) is 0 Å². The fourth-order valence-corrected chi connectivity index (χ4v) is 1.68. The Bertz CT molecular complexity index is 470. The van der Waals surface area contributed by atoms with Crippen LogP contribution in [0.2, 0.25) is 0 Å². The van der Waals surface area contributed by atoms with Gasteiger partial charge in [-0.1, -0.05) is 15.9 Å². The molecule has 0 unspecified atom stereocenters. The van der Waals surface area contributed by atoms with E-state index in [9.17, 15) is 14.4 Å². The van der Waals surface area contributed by atoms with Crippen LogP contribution in [0.15, 0.2) is 24.3 Å². The molecule has 6 heteroatoms. The number of benzene rings is 1. The summed E-state index contributed by atoms with van der Waals surface area (Å²) >= 11 is 3.09. The quantitative estimate of drug-likeness (QED) is 0.493. The first-order chi connectivity index (χ1) is 9.06. The number of halogens is 1. The van der Waals surface area contributed by atoms with Gasteiger partial charge in [0.15, 0.2) is 5.78 Å². The van der Waals surface area contributed by atoms with Crippen LogP contribution >= 0.6 is 15.9 Å². The van der Waals surface area contributed by atoms with E-state index < -0.39 is 5.97 Å². The van der Waals surface area contributed by atoms with E-state index in [1.54, 1.807) is 24.3 Å². The summed E-state index contributed by atoms with van der Waals surface area (Å²) in [5.74, 6) is -0.720. The molecule has 102 valence electrons. The summed E-state index contributed by atoms with van der Waals surface area (Å²) in [4.78, 5) is 33.8. The zero-order valence-electron chi connectivity index (χ0n) is 10.4. The number of ether oxygens (including phenoxy) is 1. The van der Waals surface area contributed by atoms with Crippen molar-refractivity contribution >= 4 is 39.3 Å². The van der Waals surface area contributed by atoms with Crippen LogP contribution in [-0.2, 0) is 14.3 Å². The highest BCUT2D eigenvalue weighted by Crippen LogP contribution is 2.11. The standard InChI is InChI=1S/C13H14BrNO4/c1-19-13(18)7-6-12(17)15-10-4-2-9(3-5-10)11(16)8-14/h2-5H,6-8H2,1H3,(H,15,17). The molecule has 0 aliphatic carbocycles. The van der Waals surface area contributed by atoms with E-state index in [-0.39, 0.29) is 29.9 Å². The molecular weight excluding hydrogens is 314 g/mol. The lowest BCUT2D eigenvalue weighted by molar-refractivity contribution is -0.141. The van der Waals surface area contributed by atoms with Crippen molar-refractivity contribution in [1.82, 2.24) is 0 Å². The van der Waals surface area contributed by atoms with Gasteiger partial charge in [0.1, 0.15) is 0 Å². The molecule has 0 aliphatic rings. The number of rotatable bonds is 6. The van der Waals surface area contributed by atoms with Crippen LogP contribution in [0.1, 0.15) is 23.2 Å². The van der Waals surface area contributed by atoms with E-state index in [0.29, 0.717) is 11.3 Å². The second kappa shape index (κ2) is 7.68. The lowest BCUT2D eigenvalue weighted by atomic mass is 10.1. The van der Waals surface area contributed by atoms with E-state index in [2.05, 4.69) is 26.0 Å². The molecule has 0 aliphatic heterocycles. The molecular formula is C13H14BrNO4. The molecule has 19 heavy (non-hydrogen) atoms. The molecule has 0 atom stereocenters. The Morgan fingerprint density at radius 1 is 1.16 bits per heavy atom. The first-order valence-electron chi connectivity index (χ1n) is 5.62. The summed E-state index contributed by atoms with van der Waals surface area (Å²) < 4.78 is 4.44. The number of alkyl halides is 1. The van der Waals surface area contributed by atoms with Gasteiger partial charge in [0, 0.05) is 17.7 Å². The predicted molar refractivity (Wildman–Crippen MR) is 74.4 cm³/mol. The number of methoxy groups -OCH3 is 1. The minimum absolute atomic E-state index is 0.0245. The summed E-state index contributed by atoms with van der Waals surface area (Å²) in [5, 5.41) is 2.90. The van der Waals surface area contributed by atoms with E-state index in [4.69, 9.17) is 0 Å². The highest BCUT2D eigenvalue weighted by molar-refractivity contribution is 9.09. The van der Waals surface area contributed by atoms with E-state index in [0.717, 1.165) is 0 Å². The maximum absolute atomic E-state index is 11.5. The van der Waals surface area contributed by atoms with E-state index in [1.165, 1.54) is 7.11 Å². The fraction of sp³-hybridized carbons (Fsp3) is 0.308. The molecule has 0 spiro atoms. The summed E-state index contributed by atoms with van der Waals surface area (Å²) in [6, 6.07) is 6.57. The molecule has 1 rings (SSSR count). The number of anilines is 1. The van der Waals surface area contributed by atoms with Crippen LogP contribution in [0.3, 0.4) is 0 Å². The van der Waals surface area contributed by atoms with Crippen LogP contribution < -0.4 is 5.32 Å². The van der Waals surface area contributed by atoms with Crippen molar-refractivity contribution in [2.75, 3.05) is 17.8 Å². The molecule has 0 saturated heterocycles. The van der Waals surface area contributed by atoms with Crippen LogP contribution in [0, 0.1) is 0 Å². The summed E-state index contributed by atoms with van der Waals surface area (Å²) in [7, 11) is 1.28. The Morgan fingerprint density at radius 3 is 2.32 bits per heavy atom. The van der Waals surface area contributed by atoms with Crippen molar-refractivity contribution in [3.05, 3.63) is 29.8 Å². The predicted octanol–water partition coefficient (Wildman–Crippen LogP) is 2.16. The van der Waals surface area contributed by atoms with Crippen molar-refractivity contribution < 1.29 is 19.1 Å². The lowest BCUT2D eigenvalue weighted by Crippen LogP contribution is -2.14. The van der Waals surface area contributed by atoms with Gasteiger partial charge in [-0.25, -0.2) is 0 Å². The number of carbonyl (C=O) groups excluding carboxylic acids is 3. The van der Waals surface area contributed by atoms with Gasteiger partial charge in [0.2, 0.25) is 5.91 Å². The number of hydrogen-bond acceptors (Lipinski definition) is 4. The van der Waals surface area contributed by atoms with Crippen molar-refractivity contribution in [2.45, 2.75) is 12.8 Å². The second-order valence-electron chi connectivity index (χ2n) is 3.76. The molecule has 1 N–H and O–H groups in total. The topological polar surface area (TPSA) is 72.5 Å². The lowest BCUT2D eigenvalue weighted by Gasteiger charge is -2.05. The van der Waals surface area contributed by atoms with Crippen molar-refractivity contribution in [3.63, 3.8) is 0 Å². The third kappa shape index (κ3) is 5.21. The maximum Gasteiger partial charge on any atom is 0.306 e. The Kier molecular flexibility index (Phi) is 6.21. The number of amides is 1. The number of hydrogen-bond donors (Lipinski definition) is 1. The van der Waals surface area contributed by atoms with Gasteiger partial charge in [-0.3, -0.25) is 14.4 Å². The number of Topliss-reactive ketones (excluding diaryl/α,β-unsaturated/α-hetero) is 1. The number of esters is 1. The van der Waals surface area contributed by atoms with Crippen molar-refractivity contribution in [3.8, 4) is 0 Å². The zero-order valence-corrected chi connectivity index (χ0v) is 12.0. The first kappa shape index (κ1) is 15.4. The van der Waals surface area contributed by atoms with E-state index >= 15 is 0 Å². The van der Waals surface area contributed by atoms with Gasteiger partial charge in [-0.05, 0) is 24.3 Å². The number of ketones is 1. The molecule has 5 nitrogen and oxygen atoms in total. The fourth-order valence-electron chi connectivity index (χ4n) is 1.36. The molecule has 0 bridgehead atoms. The third-order valence-corrected chi connectivity index (χ3v) is 2.91. The highest BCUT2D eigenvalue weighted by atomic mass is 79.9. The van der Waals surface area contributed by atoms with Gasteiger partial charge in [-0.2, -0.15) is 0 Å². The second-order valence-corrected chi connectivity index (χ2v) is 4.32. The zero-order chi connectivity index (χ0) is 14.3. The SMILES string of the molecule is COC(=O)CCC(=O)Nc1ccc(C(=O)CBr)cc1. The Labute approximate surface area is 119 Å². The van der Waals surface area contributed by atoms with Crippen molar-refractivity contribution in [2.24, 2.45) is 0 Å². The number of carbonyl (C=O) groups is 3. The minimum Gasteiger partial charge on any atom is -0.469 e. The molecule has 0 aromatic heterocycles. The van der Waals surface area contributed by atoms with Gasteiger partial charge >= 0.3 is 5.97 Å². The molecule has 0 fully saturated rings. The molecule has 1 aromatic rings. The summed E-state index contributed by atoms with van der Waals surface area (Å²) in [6.45, 7) is 0. The van der Waals surface area contributed by atoms with Crippen LogP contribution in [0.25, 0.3) is 0 Å². The number of nitrogens with one attached hydrogen (secondary N) is 1. The molecule has 0 heterocycles. The molecule has 0 saturated carbocycles. The Morgan fingerprint density at radius 2 is 1.79 bits per heavy atom. The Balaban J connectivity index is 2.51. The van der Waals surface area contributed by atoms with Gasteiger partial charge in [0.25, 0.3) is 0 Å². The monoisotopic (exact) mass is 327 g/mol. The Hall–Kier alpha value is -1.69. The summed E-state index contributed by atoms with van der Waals surface area (Å²) in [5.41, 5.74) is 1.16. The van der Waals surface area contributed by atoms with Gasteiger partial charge in [0.05, 0.1) is 18.9 Å². The smallest absolute Gasteiger partial charge is 0.306 e. The normalized spacial score (nSPS) is 9.79. The third-order valence-electron chi connectivity index (χ3n) is 2.40. The largest absolute Gasteiger partial charge is 0.469 e. The first-order valence-corrected chi connectivity index (χ1v) is 6.75. The highest BCUT2D eigenvalue weighted by Gasteiger charge is 2.08. The molecule has 1 amide bonds. The molecule has 1 aromatic carbocycles. The maximum atomic E-state index is 11.5. The summed E-state index contributed by atoms with van der Waals surface area (Å²) in [6.07, 6.45) is 0.108. The van der Waals surface area contributed by atoms with Gasteiger partial charge < -0.3 is 10.1 Å². The van der Waals surface area contributed by atoms with E-state index in [1.807, 2.05) is 0 Å². The van der Waals surface area contributed by atoms with Crippen LogP contribution in [-0.4, -0.2) is 30.1 Å². The molecule has 0 radical (unpaired) electrons. The van der Waals surface area contributed by atoms with Crippen LogP contribution in [0.4, 0.5) is 5.69 Å².